The smallest absolute Gasteiger partial charge is 0.383 e. The lowest BCUT2D eigenvalue weighted by molar-refractivity contribution is -0.137. The van der Waals surface area contributed by atoms with Crippen molar-refractivity contribution >= 4 is 11.8 Å². The number of amides is 2. The highest BCUT2D eigenvalue weighted by Gasteiger charge is 2.47. The van der Waals surface area contributed by atoms with Crippen molar-refractivity contribution in [3.05, 3.63) is 59.7 Å². The van der Waals surface area contributed by atoms with Crippen LogP contribution in [0.1, 0.15) is 42.6 Å². The number of urea groups is 1. The Bertz CT molecular complexity index is 1230. The molecule has 3 aromatic heterocycles. The second kappa shape index (κ2) is 8.00. The van der Waals surface area contributed by atoms with Crippen LogP contribution < -0.4 is 11.1 Å². The molecule has 5 rings (SSSR count). The van der Waals surface area contributed by atoms with E-state index in [2.05, 4.69) is 20.4 Å². The number of aromatic nitrogens is 4. The topological polar surface area (TPSA) is 102 Å². The van der Waals surface area contributed by atoms with Gasteiger partial charge in [0.2, 0.25) is 0 Å². The van der Waals surface area contributed by atoms with Gasteiger partial charge in [0.05, 0.1) is 17.3 Å². The second-order valence-corrected chi connectivity index (χ2v) is 8.95. The Labute approximate surface area is 194 Å². The minimum Gasteiger partial charge on any atom is -0.383 e. The van der Waals surface area contributed by atoms with Gasteiger partial charge in [0.1, 0.15) is 5.82 Å². The lowest BCUT2D eigenvalue weighted by Gasteiger charge is -2.25. The van der Waals surface area contributed by atoms with Crippen LogP contribution in [-0.2, 0) is 18.1 Å². The molecule has 178 valence electrons. The van der Waals surface area contributed by atoms with Crippen molar-refractivity contribution in [1.82, 2.24) is 30.0 Å². The third-order valence-corrected chi connectivity index (χ3v) is 6.83. The van der Waals surface area contributed by atoms with Crippen LogP contribution in [-0.4, -0.2) is 43.8 Å². The highest BCUT2D eigenvalue weighted by molar-refractivity contribution is 5.75. The first-order valence-electron chi connectivity index (χ1n) is 11.0. The number of carbonyl (C=O) groups excluding carboxylic acids is 1. The molecule has 1 spiro atoms. The van der Waals surface area contributed by atoms with Crippen LogP contribution in [0.5, 0.6) is 0 Å². The van der Waals surface area contributed by atoms with Crippen LogP contribution in [0.15, 0.2) is 42.9 Å². The number of nitrogens with one attached hydrogen (secondary N) is 1. The van der Waals surface area contributed by atoms with Gasteiger partial charge >= 0.3 is 12.2 Å². The number of nitrogen functional groups attached to an aromatic ring is 1. The van der Waals surface area contributed by atoms with E-state index in [1.807, 2.05) is 29.8 Å². The molecule has 0 aliphatic carbocycles. The second-order valence-electron chi connectivity index (χ2n) is 8.95. The normalized spacial score (nSPS) is 20.5. The average molecular weight is 471 g/mol. The molecule has 11 heteroatoms. The molecule has 0 bridgehead atoms. The molecule has 5 heterocycles. The van der Waals surface area contributed by atoms with E-state index >= 15 is 0 Å². The fraction of sp³-hybridized carbons (Fsp3) is 0.391. The molecular formula is C23H24F3N7O. The SMILES string of the molecule is C[C@H](NC(=O)N1CC[C@@]2(CCn3nc(-c4cnc(N)c(C(F)(F)F)c4)cc32)C1)c1ccncc1. The van der Waals surface area contributed by atoms with E-state index in [-0.39, 0.29) is 23.1 Å². The van der Waals surface area contributed by atoms with Gasteiger partial charge in [0, 0.05) is 54.9 Å². The number of fused-ring (bicyclic) bond motifs is 2. The summed E-state index contributed by atoms with van der Waals surface area (Å²) in [5.41, 5.74) is 6.78. The van der Waals surface area contributed by atoms with E-state index in [1.165, 1.54) is 6.20 Å². The van der Waals surface area contributed by atoms with Crippen LogP contribution in [0.4, 0.5) is 23.8 Å². The predicted molar refractivity (Wildman–Crippen MR) is 119 cm³/mol. The summed E-state index contributed by atoms with van der Waals surface area (Å²) in [4.78, 5) is 22.4. The van der Waals surface area contributed by atoms with Crippen LogP contribution in [0.2, 0.25) is 0 Å². The molecule has 8 nitrogen and oxygen atoms in total. The summed E-state index contributed by atoms with van der Waals surface area (Å²) < 4.78 is 41.6. The summed E-state index contributed by atoms with van der Waals surface area (Å²) in [6, 6.07) is 6.24. The molecule has 1 saturated heterocycles. The quantitative estimate of drug-likeness (QED) is 0.606. The van der Waals surface area contributed by atoms with Crippen molar-refractivity contribution in [2.75, 3.05) is 18.8 Å². The minimum atomic E-state index is -4.59. The van der Waals surface area contributed by atoms with Crippen molar-refractivity contribution in [3.8, 4) is 11.3 Å². The third-order valence-electron chi connectivity index (χ3n) is 6.83. The number of pyridine rings is 2. The minimum absolute atomic E-state index is 0.142. The summed E-state index contributed by atoms with van der Waals surface area (Å²) in [6.45, 7) is 3.69. The van der Waals surface area contributed by atoms with E-state index in [0.29, 0.717) is 25.3 Å². The van der Waals surface area contributed by atoms with E-state index < -0.39 is 17.6 Å². The molecule has 2 amide bonds. The highest BCUT2D eigenvalue weighted by atomic mass is 19.4. The van der Waals surface area contributed by atoms with Crippen molar-refractivity contribution in [3.63, 3.8) is 0 Å². The van der Waals surface area contributed by atoms with Gasteiger partial charge in [0.15, 0.2) is 0 Å². The number of alkyl halides is 3. The van der Waals surface area contributed by atoms with Crippen molar-refractivity contribution in [2.24, 2.45) is 0 Å². The van der Waals surface area contributed by atoms with E-state index in [9.17, 15) is 18.0 Å². The Morgan fingerprint density at radius 3 is 2.68 bits per heavy atom. The van der Waals surface area contributed by atoms with Crippen LogP contribution >= 0.6 is 0 Å². The molecule has 0 saturated carbocycles. The van der Waals surface area contributed by atoms with Crippen LogP contribution in [0, 0.1) is 0 Å². The molecule has 34 heavy (non-hydrogen) atoms. The third kappa shape index (κ3) is 3.84. The predicted octanol–water partition coefficient (Wildman–Crippen LogP) is 3.76. The van der Waals surface area contributed by atoms with E-state index in [0.717, 1.165) is 30.2 Å². The fourth-order valence-corrected chi connectivity index (χ4v) is 4.92. The average Bonchev–Trinajstić information content (AvgIpc) is 3.51. The van der Waals surface area contributed by atoms with Gasteiger partial charge in [-0.05, 0) is 49.6 Å². The Hall–Kier alpha value is -3.63. The molecule has 2 aliphatic rings. The first kappa shape index (κ1) is 22.2. The standard InChI is InChI=1S/C23H24F3N7O/c1-14(15-2-6-28-7-3-15)30-21(34)32-8-4-22(13-32)5-9-33-19(22)11-18(31-33)16-10-17(23(24,25)26)20(27)29-12-16/h2-3,6-7,10-12,14H,4-5,8-9,13H2,1H3,(H2,27,29)(H,30,34)/t14-,22+/m0/s1. The number of hydrogen-bond donors (Lipinski definition) is 2. The number of nitrogens with two attached hydrogens (primary N) is 1. The molecule has 0 aromatic carbocycles. The summed E-state index contributed by atoms with van der Waals surface area (Å²) >= 11 is 0. The van der Waals surface area contributed by atoms with Gasteiger partial charge in [-0.25, -0.2) is 9.78 Å². The number of nitrogens with zero attached hydrogens (tertiary/aromatic N) is 5. The highest BCUT2D eigenvalue weighted by Crippen LogP contribution is 2.44. The van der Waals surface area contributed by atoms with Crippen molar-refractivity contribution in [2.45, 2.75) is 43.9 Å². The molecule has 0 radical (unpaired) electrons. The zero-order valence-corrected chi connectivity index (χ0v) is 18.5. The summed E-state index contributed by atoms with van der Waals surface area (Å²) in [6.07, 6.45) is 1.69. The largest absolute Gasteiger partial charge is 0.419 e. The fourth-order valence-electron chi connectivity index (χ4n) is 4.92. The maximum atomic E-state index is 13.3. The zero-order valence-electron chi connectivity index (χ0n) is 18.5. The van der Waals surface area contributed by atoms with E-state index in [4.69, 9.17) is 5.73 Å². The summed E-state index contributed by atoms with van der Waals surface area (Å²) in [5.74, 6) is -0.557. The summed E-state index contributed by atoms with van der Waals surface area (Å²) in [5, 5.41) is 7.57. The van der Waals surface area contributed by atoms with E-state index in [1.54, 1.807) is 17.3 Å². The van der Waals surface area contributed by atoms with Gasteiger partial charge < -0.3 is 16.0 Å². The first-order valence-corrected chi connectivity index (χ1v) is 11.0. The summed E-state index contributed by atoms with van der Waals surface area (Å²) in [7, 11) is 0. The number of rotatable bonds is 3. The molecular weight excluding hydrogens is 447 g/mol. The number of halogens is 3. The lowest BCUT2D eigenvalue weighted by Crippen LogP contribution is -2.41. The number of likely N-dealkylation sites (tertiary alicyclic amines) is 1. The van der Waals surface area contributed by atoms with Crippen LogP contribution in [0.25, 0.3) is 11.3 Å². The zero-order chi connectivity index (χ0) is 24.1. The molecule has 0 unspecified atom stereocenters. The van der Waals surface area contributed by atoms with Gasteiger partial charge in [-0.1, -0.05) is 0 Å². The molecule has 1 fully saturated rings. The number of carbonyl (C=O) groups is 1. The van der Waals surface area contributed by atoms with Crippen molar-refractivity contribution in [1.29, 1.82) is 0 Å². The van der Waals surface area contributed by atoms with Gasteiger partial charge in [-0.2, -0.15) is 18.3 Å². The molecule has 3 N–H and O–H groups in total. The first-order chi connectivity index (χ1) is 16.2. The maximum Gasteiger partial charge on any atom is 0.419 e. The maximum absolute atomic E-state index is 13.3. The Kier molecular flexibility index (Phi) is 5.22. The monoisotopic (exact) mass is 471 g/mol. The number of anilines is 1. The van der Waals surface area contributed by atoms with Crippen LogP contribution in [0.3, 0.4) is 0 Å². The Morgan fingerprint density at radius 1 is 1.21 bits per heavy atom. The molecule has 3 aromatic rings. The van der Waals surface area contributed by atoms with Crippen molar-refractivity contribution < 1.29 is 18.0 Å². The Morgan fingerprint density at radius 2 is 1.94 bits per heavy atom. The number of aryl methyl sites for hydroxylation is 1. The Balaban J connectivity index is 1.34. The van der Waals surface area contributed by atoms with Gasteiger partial charge in [-0.3, -0.25) is 9.67 Å². The van der Waals surface area contributed by atoms with Gasteiger partial charge in [-0.15, -0.1) is 0 Å². The molecule has 2 aliphatic heterocycles. The van der Waals surface area contributed by atoms with Gasteiger partial charge in [0.25, 0.3) is 0 Å². The molecule has 2 atom stereocenters. The number of hydrogen-bond acceptors (Lipinski definition) is 5. The lowest BCUT2D eigenvalue weighted by atomic mass is 9.82.